The smallest absolute Gasteiger partial charge is 0.255 e. The van der Waals surface area contributed by atoms with Crippen molar-refractivity contribution >= 4 is 45.8 Å². The van der Waals surface area contributed by atoms with Gasteiger partial charge in [-0.15, -0.1) is 0 Å². The molecule has 0 spiro atoms. The van der Waals surface area contributed by atoms with Crippen LogP contribution in [0.25, 0.3) is 10.4 Å². The third-order valence-corrected chi connectivity index (χ3v) is 5.57. The first-order valence-corrected chi connectivity index (χ1v) is 11.6. The van der Waals surface area contributed by atoms with Crippen molar-refractivity contribution in [3.63, 3.8) is 0 Å². The zero-order valence-corrected chi connectivity index (χ0v) is 21.0. The number of pyridine rings is 1. The van der Waals surface area contributed by atoms with E-state index in [-0.39, 0.29) is 17.0 Å². The number of azide groups is 1. The van der Waals surface area contributed by atoms with Gasteiger partial charge in [0.05, 0.1) is 17.9 Å². The molecule has 0 atom stereocenters. The summed E-state index contributed by atoms with van der Waals surface area (Å²) in [6, 6.07) is 13.6. The number of halogens is 2. The molecule has 34 heavy (non-hydrogen) atoms. The van der Waals surface area contributed by atoms with Gasteiger partial charge in [-0.05, 0) is 89.9 Å². The summed E-state index contributed by atoms with van der Waals surface area (Å²) in [5, 5.41) is 16.9. The fourth-order valence-electron chi connectivity index (χ4n) is 2.86. The summed E-state index contributed by atoms with van der Waals surface area (Å²) in [5.74, 6) is 5.92. The van der Waals surface area contributed by atoms with Crippen molar-refractivity contribution in [1.29, 1.82) is 0 Å². The van der Waals surface area contributed by atoms with Gasteiger partial charge in [0.1, 0.15) is 5.75 Å². The highest BCUT2D eigenvalue weighted by Crippen LogP contribution is 2.30. The maximum atomic E-state index is 12.4. The summed E-state index contributed by atoms with van der Waals surface area (Å²) in [4.78, 5) is 19.6. The molecule has 0 radical (unpaired) electrons. The normalized spacial score (nSPS) is 9.97. The minimum Gasteiger partial charge on any atom is -0.507 e. The molecule has 10 heteroatoms. The molecule has 0 aliphatic heterocycles. The van der Waals surface area contributed by atoms with Crippen molar-refractivity contribution < 1.29 is 14.6 Å². The molecule has 172 valence electrons. The number of nitrogens with one attached hydrogen (secondary N) is 1. The Morgan fingerprint density at radius 1 is 1.29 bits per heavy atom. The standard InChI is InChI=1S/C24H19ClIN5O3/c1-15-6-9-23(20(29-15)8-7-16-4-2-5-17(25)12-16)34-11-3-10-28-24(33)18-13-19(26)21(30-31-27)14-22(18)32/h2,4-6,9,12-14,32H,3,10-11H2,1H3,(H,28,33). The Kier molecular flexibility index (Phi) is 8.99. The summed E-state index contributed by atoms with van der Waals surface area (Å²) in [7, 11) is 0. The number of carbonyl (C=O) groups excluding carboxylic acids is 1. The van der Waals surface area contributed by atoms with Gasteiger partial charge < -0.3 is 15.2 Å². The average molecular weight is 588 g/mol. The Bertz CT molecular complexity index is 1330. The molecule has 0 saturated carbocycles. The van der Waals surface area contributed by atoms with E-state index in [1.807, 2.05) is 53.8 Å². The van der Waals surface area contributed by atoms with Crippen LogP contribution in [0.1, 0.15) is 33.7 Å². The lowest BCUT2D eigenvalue weighted by atomic mass is 10.1. The Hall–Kier alpha value is -3.45. The Balaban J connectivity index is 1.57. The monoisotopic (exact) mass is 587 g/mol. The highest BCUT2D eigenvalue weighted by molar-refractivity contribution is 14.1. The highest BCUT2D eigenvalue weighted by atomic mass is 127. The molecular formula is C24H19ClIN5O3. The number of phenols is 1. The molecule has 3 aromatic rings. The van der Waals surface area contributed by atoms with E-state index < -0.39 is 5.91 Å². The van der Waals surface area contributed by atoms with E-state index >= 15 is 0 Å². The predicted octanol–water partition coefficient (Wildman–Crippen LogP) is 5.89. The van der Waals surface area contributed by atoms with Crippen LogP contribution in [0.15, 0.2) is 53.6 Å². The molecule has 0 fully saturated rings. The number of aromatic nitrogens is 1. The second-order valence-corrected chi connectivity index (χ2v) is 8.63. The third kappa shape index (κ3) is 7.02. The van der Waals surface area contributed by atoms with E-state index in [1.54, 1.807) is 12.1 Å². The van der Waals surface area contributed by atoms with Crippen LogP contribution in [0.2, 0.25) is 5.02 Å². The van der Waals surface area contributed by atoms with Gasteiger partial charge in [-0.2, -0.15) is 0 Å². The van der Waals surface area contributed by atoms with Crippen LogP contribution >= 0.6 is 34.2 Å². The molecule has 0 bridgehead atoms. The van der Waals surface area contributed by atoms with E-state index in [4.69, 9.17) is 21.9 Å². The zero-order chi connectivity index (χ0) is 24.5. The van der Waals surface area contributed by atoms with Crippen LogP contribution in [0.3, 0.4) is 0 Å². The Labute approximate surface area is 215 Å². The maximum absolute atomic E-state index is 12.4. The van der Waals surface area contributed by atoms with E-state index in [0.717, 1.165) is 11.3 Å². The quantitative estimate of drug-likeness (QED) is 0.0894. The van der Waals surface area contributed by atoms with Crippen molar-refractivity contribution in [2.45, 2.75) is 13.3 Å². The summed E-state index contributed by atoms with van der Waals surface area (Å²) in [6.45, 7) is 2.53. The average Bonchev–Trinajstić information content (AvgIpc) is 2.80. The largest absolute Gasteiger partial charge is 0.507 e. The van der Waals surface area contributed by atoms with Crippen molar-refractivity contribution in [2.75, 3.05) is 13.2 Å². The molecule has 0 aliphatic rings. The van der Waals surface area contributed by atoms with Crippen molar-refractivity contribution in [2.24, 2.45) is 5.11 Å². The van der Waals surface area contributed by atoms with Gasteiger partial charge in [-0.25, -0.2) is 4.98 Å². The molecule has 0 unspecified atom stereocenters. The summed E-state index contributed by atoms with van der Waals surface area (Å²) < 4.78 is 6.39. The van der Waals surface area contributed by atoms with Crippen molar-refractivity contribution in [1.82, 2.24) is 10.3 Å². The van der Waals surface area contributed by atoms with Gasteiger partial charge in [0.15, 0.2) is 11.4 Å². The molecule has 1 heterocycles. The van der Waals surface area contributed by atoms with Gasteiger partial charge in [0.2, 0.25) is 0 Å². The molecule has 1 amide bonds. The van der Waals surface area contributed by atoms with Crippen molar-refractivity contribution in [3.8, 4) is 23.3 Å². The molecular weight excluding hydrogens is 569 g/mol. The zero-order valence-electron chi connectivity index (χ0n) is 18.0. The van der Waals surface area contributed by atoms with E-state index in [0.29, 0.717) is 39.6 Å². The minimum atomic E-state index is -0.437. The van der Waals surface area contributed by atoms with Crippen LogP contribution in [0.5, 0.6) is 11.5 Å². The molecule has 3 rings (SSSR count). The molecule has 8 nitrogen and oxygen atoms in total. The Morgan fingerprint density at radius 3 is 2.88 bits per heavy atom. The lowest BCUT2D eigenvalue weighted by Gasteiger charge is -2.10. The minimum absolute atomic E-state index is 0.100. The first kappa shape index (κ1) is 25.2. The predicted molar refractivity (Wildman–Crippen MR) is 138 cm³/mol. The topological polar surface area (TPSA) is 120 Å². The summed E-state index contributed by atoms with van der Waals surface area (Å²) >= 11 is 7.94. The molecule has 2 N–H and O–H groups in total. The number of aryl methyl sites for hydroxylation is 1. The summed E-state index contributed by atoms with van der Waals surface area (Å²) in [5.41, 5.74) is 11.0. The number of aromatic hydroxyl groups is 1. The number of hydrogen-bond donors (Lipinski definition) is 2. The van der Waals surface area contributed by atoms with Gasteiger partial charge in [-0.3, -0.25) is 4.79 Å². The lowest BCUT2D eigenvalue weighted by Crippen LogP contribution is -2.25. The number of nitrogens with zero attached hydrogens (tertiary/aromatic N) is 4. The number of benzene rings is 2. The fraction of sp³-hybridized carbons (Fsp3) is 0.167. The van der Waals surface area contributed by atoms with Gasteiger partial charge in [-0.1, -0.05) is 28.7 Å². The second-order valence-electron chi connectivity index (χ2n) is 7.03. The number of rotatable bonds is 7. The van der Waals surface area contributed by atoms with Crippen LogP contribution in [0.4, 0.5) is 5.69 Å². The van der Waals surface area contributed by atoms with E-state index in [9.17, 15) is 9.90 Å². The van der Waals surface area contributed by atoms with Crippen molar-refractivity contribution in [3.05, 3.63) is 90.1 Å². The number of ether oxygens (including phenoxy) is 1. The molecule has 2 aromatic carbocycles. The van der Waals surface area contributed by atoms with Gasteiger partial charge in [0.25, 0.3) is 5.91 Å². The van der Waals surface area contributed by atoms with E-state index in [1.165, 1.54) is 12.1 Å². The van der Waals surface area contributed by atoms with Crippen LogP contribution < -0.4 is 10.1 Å². The molecule has 0 aliphatic carbocycles. The van der Waals surface area contributed by atoms with Gasteiger partial charge >= 0.3 is 0 Å². The lowest BCUT2D eigenvalue weighted by molar-refractivity contribution is 0.0949. The highest BCUT2D eigenvalue weighted by Gasteiger charge is 2.14. The number of carbonyl (C=O) groups is 1. The number of amides is 1. The Morgan fingerprint density at radius 2 is 2.12 bits per heavy atom. The fourth-order valence-corrected chi connectivity index (χ4v) is 3.62. The maximum Gasteiger partial charge on any atom is 0.255 e. The van der Waals surface area contributed by atoms with Gasteiger partial charge in [0, 0.05) is 31.3 Å². The number of phenolic OH excluding ortho intramolecular Hbond substituents is 1. The third-order valence-electron chi connectivity index (χ3n) is 4.47. The summed E-state index contributed by atoms with van der Waals surface area (Å²) in [6.07, 6.45) is 0.523. The molecule has 0 saturated heterocycles. The van der Waals surface area contributed by atoms with Crippen LogP contribution in [-0.2, 0) is 0 Å². The number of hydrogen-bond acceptors (Lipinski definition) is 5. The SMILES string of the molecule is Cc1ccc(OCCCNC(=O)c2cc(I)c(N=[N+]=[N-])cc2O)c(C#Cc2cccc(Cl)c2)n1. The van der Waals surface area contributed by atoms with E-state index in [2.05, 4.69) is 32.2 Å². The van der Waals surface area contributed by atoms with Crippen LogP contribution in [-0.4, -0.2) is 29.1 Å². The van der Waals surface area contributed by atoms with Crippen LogP contribution in [0, 0.1) is 22.3 Å². The first-order chi connectivity index (χ1) is 16.4. The second kappa shape index (κ2) is 12.1. The first-order valence-electron chi connectivity index (χ1n) is 10.1. The molecule has 1 aromatic heterocycles.